The van der Waals surface area contributed by atoms with Crippen molar-refractivity contribution >= 4 is 11.5 Å². The van der Waals surface area contributed by atoms with Crippen LogP contribution in [0.1, 0.15) is 51.3 Å². The fourth-order valence-electron chi connectivity index (χ4n) is 2.78. The number of hydrogen-bond acceptors (Lipinski definition) is 5. The first-order valence-electron chi connectivity index (χ1n) is 7.17. The van der Waals surface area contributed by atoms with E-state index in [4.69, 9.17) is 5.73 Å². The van der Waals surface area contributed by atoms with Crippen molar-refractivity contribution in [2.45, 2.75) is 64.6 Å². The van der Waals surface area contributed by atoms with E-state index < -0.39 is 0 Å². The number of nitrogens with one attached hydrogen (secondary N) is 1. The molecule has 0 bridgehead atoms. The van der Waals surface area contributed by atoms with E-state index in [2.05, 4.69) is 10.4 Å². The smallest absolute Gasteiger partial charge is 0.333 e. The normalized spacial score (nSPS) is 23.1. The minimum atomic E-state index is -0.363. The standard InChI is InChI=1S/C13H23N5O2/c1-8(2)17-13(12(18(19)20)9(3)16-17)15-11-7-5-4-6-10(11)14/h8,10-11,15H,4-7,14H2,1-3H3/t10-,11-/m1/s1. The van der Waals surface area contributed by atoms with E-state index in [0.29, 0.717) is 11.5 Å². The van der Waals surface area contributed by atoms with Gasteiger partial charge < -0.3 is 11.1 Å². The highest BCUT2D eigenvalue weighted by Gasteiger charge is 2.30. The van der Waals surface area contributed by atoms with Crippen molar-refractivity contribution in [2.24, 2.45) is 5.73 Å². The van der Waals surface area contributed by atoms with Crippen molar-refractivity contribution in [3.8, 4) is 0 Å². The molecule has 1 saturated carbocycles. The fourth-order valence-corrected chi connectivity index (χ4v) is 2.78. The molecule has 0 aromatic carbocycles. The third kappa shape index (κ3) is 2.77. The fraction of sp³-hybridized carbons (Fsp3) is 0.769. The molecule has 112 valence electrons. The van der Waals surface area contributed by atoms with Crippen LogP contribution in [0.25, 0.3) is 0 Å². The second kappa shape index (κ2) is 5.78. The molecule has 2 atom stereocenters. The highest BCUT2D eigenvalue weighted by atomic mass is 16.6. The molecular weight excluding hydrogens is 258 g/mol. The Kier molecular flexibility index (Phi) is 4.27. The van der Waals surface area contributed by atoms with E-state index in [9.17, 15) is 10.1 Å². The van der Waals surface area contributed by atoms with Crippen molar-refractivity contribution in [3.05, 3.63) is 15.8 Å². The van der Waals surface area contributed by atoms with Gasteiger partial charge in [0.15, 0.2) is 0 Å². The van der Waals surface area contributed by atoms with E-state index in [1.54, 1.807) is 11.6 Å². The summed E-state index contributed by atoms with van der Waals surface area (Å²) in [6, 6.07) is 0.180. The van der Waals surface area contributed by atoms with Crippen LogP contribution in [0.5, 0.6) is 0 Å². The van der Waals surface area contributed by atoms with Crippen molar-refractivity contribution in [3.63, 3.8) is 0 Å². The summed E-state index contributed by atoms with van der Waals surface area (Å²) in [5.41, 5.74) is 6.63. The van der Waals surface area contributed by atoms with Gasteiger partial charge >= 0.3 is 5.69 Å². The van der Waals surface area contributed by atoms with Crippen LogP contribution >= 0.6 is 0 Å². The highest BCUT2D eigenvalue weighted by molar-refractivity contribution is 5.60. The zero-order valence-corrected chi connectivity index (χ0v) is 12.3. The number of nitrogens with two attached hydrogens (primary N) is 1. The van der Waals surface area contributed by atoms with Gasteiger partial charge in [0.2, 0.25) is 5.82 Å². The lowest BCUT2D eigenvalue weighted by Crippen LogP contribution is -2.43. The summed E-state index contributed by atoms with van der Waals surface area (Å²) in [7, 11) is 0. The van der Waals surface area contributed by atoms with Gasteiger partial charge in [-0.25, -0.2) is 4.68 Å². The molecule has 2 rings (SSSR count). The summed E-state index contributed by atoms with van der Waals surface area (Å²) in [5, 5.41) is 18.9. The van der Waals surface area contributed by atoms with Gasteiger partial charge in [0.1, 0.15) is 5.69 Å². The molecule has 20 heavy (non-hydrogen) atoms. The van der Waals surface area contributed by atoms with Crippen LogP contribution in [0, 0.1) is 17.0 Å². The largest absolute Gasteiger partial charge is 0.360 e. The van der Waals surface area contributed by atoms with E-state index in [0.717, 1.165) is 25.7 Å². The van der Waals surface area contributed by atoms with Crippen LogP contribution in [0.2, 0.25) is 0 Å². The molecule has 3 N–H and O–H groups in total. The van der Waals surface area contributed by atoms with Crippen LogP contribution in [0.4, 0.5) is 11.5 Å². The molecule has 7 heteroatoms. The molecule has 0 aliphatic heterocycles. The van der Waals surface area contributed by atoms with E-state index in [-0.39, 0.29) is 28.7 Å². The number of nitro groups is 1. The van der Waals surface area contributed by atoms with Gasteiger partial charge in [-0.2, -0.15) is 5.10 Å². The van der Waals surface area contributed by atoms with Gasteiger partial charge in [-0.15, -0.1) is 0 Å². The summed E-state index contributed by atoms with van der Waals surface area (Å²) in [6.07, 6.45) is 4.14. The lowest BCUT2D eigenvalue weighted by molar-refractivity contribution is -0.384. The van der Waals surface area contributed by atoms with Crippen molar-refractivity contribution in [2.75, 3.05) is 5.32 Å². The second-order valence-corrected chi connectivity index (χ2v) is 5.78. The molecule has 7 nitrogen and oxygen atoms in total. The first kappa shape index (κ1) is 14.8. The van der Waals surface area contributed by atoms with Gasteiger partial charge in [-0.3, -0.25) is 10.1 Å². The molecular formula is C13H23N5O2. The van der Waals surface area contributed by atoms with E-state index >= 15 is 0 Å². The predicted molar refractivity (Wildman–Crippen MR) is 77.9 cm³/mol. The monoisotopic (exact) mass is 281 g/mol. The summed E-state index contributed by atoms with van der Waals surface area (Å²) in [4.78, 5) is 10.9. The average Bonchev–Trinajstić information content (AvgIpc) is 2.69. The van der Waals surface area contributed by atoms with E-state index in [1.807, 2.05) is 13.8 Å². The van der Waals surface area contributed by atoms with Crippen molar-refractivity contribution in [1.29, 1.82) is 0 Å². The Morgan fingerprint density at radius 1 is 1.45 bits per heavy atom. The van der Waals surface area contributed by atoms with Crippen LogP contribution in [-0.4, -0.2) is 26.8 Å². The third-order valence-electron chi connectivity index (χ3n) is 3.87. The number of hydrogen-bond donors (Lipinski definition) is 2. The minimum Gasteiger partial charge on any atom is -0.360 e. The Labute approximate surface area is 118 Å². The third-order valence-corrected chi connectivity index (χ3v) is 3.87. The SMILES string of the molecule is Cc1nn(C(C)C)c(N[C@@H]2CCCC[C@H]2N)c1[N+](=O)[O-]. The summed E-state index contributed by atoms with van der Waals surface area (Å²) < 4.78 is 1.69. The van der Waals surface area contributed by atoms with Gasteiger partial charge in [-0.1, -0.05) is 12.8 Å². The average molecular weight is 281 g/mol. The molecule has 1 aliphatic rings. The molecule has 1 heterocycles. The van der Waals surface area contributed by atoms with Crippen LogP contribution < -0.4 is 11.1 Å². The Morgan fingerprint density at radius 3 is 2.65 bits per heavy atom. The van der Waals surface area contributed by atoms with Crippen LogP contribution in [0.15, 0.2) is 0 Å². The molecule has 1 fully saturated rings. The lowest BCUT2D eigenvalue weighted by atomic mass is 9.91. The van der Waals surface area contributed by atoms with E-state index in [1.165, 1.54) is 0 Å². The molecule has 0 saturated heterocycles. The Morgan fingerprint density at radius 2 is 2.10 bits per heavy atom. The second-order valence-electron chi connectivity index (χ2n) is 5.78. The van der Waals surface area contributed by atoms with Crippen molar-refractivity contribution < 1.29 is 4.92 Å². The predicted octanol–water partition coefficient (Wildman–Crippen LogP) is 2.36. The molecule has 1 aliphatic carbocycles. The van der Waals surface area contributed by atoms with Gasteiger partial charge in [0.05, 0.1) is 4.92 Å². The quantitative estimate of drug-likeness (QED) is 0.652. The first-order chi connectivity index (χ1) is 9.41. The maximum Gasteiger partial charge on any atom is 0.333 e. The van der Waals surface area contributed by atoms with Gasteiger partial charge in [0.25, 0.3) is 0 Å². The Hall–Kier alpha value is -1.63. The van der Waals surface area contributed by atoms with Gasteiger partial charge in [0, 0.05) is 18.1 Å². The molecule has 0 unspecified atom stereocenters. The van der Waals surface area contributed by atoms with Crippen molar-refractivity contribution in [1.82, 2.24) is 9.78 Å². The summed E-state index contributed by atoms with van der Waals surface area (Å²) in [5.74, 6) is 0.491. The Bertz CT molecular complexity index is 497. The zero-order valence-electron chi connectivity index (χ0n) is 12.3. The highest BCUT2D eigenvalue weighted by Crippen LogP contribution is 2.32. The zero-order chi connectivity index (χ0) is 14.9. The molecule has 1 aromatic heterocycles. The number of nitrogens with zero attached hydrogens (tertiary/aromatic N) is 3. The topological polar surface area (TPSA) is 99.0 Å². The minimum absolute atomic E-state index is 0.0409. The molecule has 0 spiro atoms. The van der Waals surface area contributed by atoms with Gasteiger partial charge in [-0.05, 0) is 33.6 Å². The first-order valence-corrected chi connectivity index (χ1v) is 7.17. The van der Waals surface area contributed by atoms with Crippen LogP contribution in [0.3, 0.4) is 0 Å². The number of rotatable bonds is 4. The number of aromatic nitrogens is 2. The Balaban J connectivity index is 2.35. The summed E-state index contributed by atoms with van der Waals surface area (Å²) >= 11 is 0. The number of aryl methyl sites for hydroxylation is 1. The number of anilines is 1. The lowest BCUT2D eigenvalue weighted by Gasteiger charge is -2.30. The summed E-state index contributed by atoms with van der Waals surface area (Å²) in [6.45, 7) is 5.59. The molecule has 0 amide bonds. The van der Waals surface area contributed by atoms with Crippen LogP contribution in [-0.2, 0) is 0 Å². The molecule has 0 radical (unpaired) electrons. The molecule has 1 aromatic rings. The maximum atomic E-state index is 11.3. The maximum absolute atomic E-state index is 11.3.